The zero-order chi connectivity index (χ0) is 14.4. The Morgan fingerprint density at radius 1 is 1.30 bits per heavy atom. The van der Waals surface area contributed by atoms with Crippen LogP contribution in [-0.4, -0.2) is 28.8 Å². The maximum atomic E-state index is 5.43. The second-order valence-electron chi connectivity index (χ2n) is 5.11. The van der Waals surface area contributed by atoms with Crippen molar-refractivity contribution < 1.29 is 4.74 Å². The quantitative estimate of drug-likeness (QED) is 0.805. The minimum atomic E-state index is 0.338. The number of nitrogens with one attached hydrogen (secondary N) is 1. The minimum Gasteiger partial charge on any atom is -0.380 e. The Labute approximate surface area is 121 Å². The molecule has 2 aromatic rings. The van der Waals surface area contributed by atoms with E-state index < -0.39 is 0 Å². The number of fused-ring (bicyclic) bond motifs is 1. The molecule has 0 aliphatic heterocycles. The fraction of sp³-hybridized carbons (Fsp3) is 0.562. The van der Waals surface area contributed by atoms with Crippen molar-refractivity contribution in [1.29, 1.82) is 0 Å². The van der Waals surface area contributed by atoms with Crippen LogP contribution >= 0.6 is 0 Å². The third kappa shape index (κ3) is 3.58. The fourth-order valence-corrected chi connectivity index (χ4v) is 2.35. The lowest BCUT2D eigenvalue weighted by Gasteiger charge is -2.14. The normalized spacial score (nSPS) is 12.9. The van der Waals surface area contributed by atoms with Crippen LogP contribution < -0.4 is 5.32 Å². The molecule has 1 heterocycles. The van der Waals surface area contributed by atoms with E-state index in [1.54, 1.807) is 0 Å². The van der Waals surface area contributed by atoms with Crippen molar-refractivity contribution in [3.8, 4) is 0 Å². The zero-order valence-corrected chi connectivity index (χ0v) is 12.7. The van der Waals surface area contributed by atoms with Crippen LogP contribution in [-0.2, 0) is 17.8 Å². The third-order valence-corrected chi connectivity index (χ3v) is 3.36. The molecule has 1 N–H and O–H groups in total. The van der Waals surface area contributed by atoms with Crippen molar-refractivity contribution in [2.75, 3.05) is 13.2 Å². The van der Waals surface area contributed by atoms with Gasteiger partial charge in [-0.2, -0.15) is 0 Å². The minimum absolute atomic E-state index is 0.338. The number of hydrogen-bond acceptors (Lipinski definition) is 3. The summed E-state index contributed by atoms with van der Waals surface area (Å²) in [6.45, 7) is 9.66. The summed E-state index contributed by atoms with van der Waals surface area (Å²) in [4.78, 5) is 4.74. The number of hydrogen-bond donors (Lipinski definition) is 1. The Hall–Kier alpha value is -1.39. The van der Waals surface area contributed by atoms with Gasteiger partial charge in [0.05, 0.1) is 24.2 Å². The Balaban J connectivity index is 2.10. The molecule has 0 aliphatic carbocycles. The first kappa shape index (κ1) is 15.0. The SMILES string of the molecule is CCCn1c(CNC(C)COCC)nc2ccccc21. The molecule has 4 heteroatoms. The van der Waals surface area contributed by atoms with Crippen LogP contribution in [0.4, 0.5) is 0 Å². The van der Waals surface area contributed by atoms with Crippen molar-refractivity contribution >= 4 is 11.0 Å². The number of imidazole rings is 1. The first-order valence-corrected chi connectivity index (χ1v) is 7.51. The molecule has 0 radical (unpaired) electrons. The number of nitrogens with zero attached hydrogens (tertiary/aromatic N) is 2. The molecule has 0 fully saturated rings. The van der Waals surface area contributed by atoms with Crippen LogP contribution in [0.25, 0.3) is 11.0 Å². The van der Waals surface area contributed by atoms with E-state index in [1.165, 1.54) is 5.52 Å². The Morgan fingerprint density at radius 2 is 2.10 bits per heavy atom. The van der Waals surface area contributed by atoms with E-state index in [2.05, 4.69) is 41.9 Å². The number of ether oxygens (including phenoxy) is 1. The van der Waals surface area contributed by atoms with Crippen molar-refractivity contribution in [1.82, 2.24) is 14.9 Å². The summed E-state index contributed by atoms with van der Waals surface area (Å²) in [6, 6.07) is 8.68. The van der Waals surface area contributed by atoms with Gasteiger partial charge in [0, 0.05) is 19.2 Å². The maximum Gasteiger partial charge on any atom is 0.123 e. The maximum absolute atomic E-state index is 5.43. The first-order valence-electron chi connectivity index (χ1n) is 7.51. The van der Waals surface area contributed by atoms with Gasteiger partial charge in [-0.05, 0) is 32.4 Å². The van der Waals surface area contributed by atoms with E-state index in [0.717, 1.165) is 44.1 Å². The van der Waals surface area contributed by atoms with Crippen molar-refractivity contribution in [3.05, 3.63) is 30.1 Å². The van der Waals surface area contributed by atoms with Gasteiger partial charge >= 0.3 is 0 Å². The molecule has 0 spiro atoms. The second-order valence-corrected chi connectivity index (χ2v) is 5.11. The van der Waals surface area contributed by atoms with Crippen LogP contribution in [0.3, 0.4) is 0 Å². The van der Waals surface area contributed by atoms with Gasteiger partial charge < -0.3 is 14.6 Å². The lowest BCUT2D eigenvalue weighted by molar-refractivity contribution is 0.126. The molecule has 2 rings (SSSR count). The molecule has 1 atom stereocenters. The third-order valence-electron chi connectivity index (χ3n) is 3.36. The van der Waals surface area contributed by atoms with E-state index in [1.807, 2.05) is 13.0 Å². The number of para-hydroxylation sites is 2. The molecule has 4 nitrogen and oxygen atoms in total. The lowest BCUT2D eigenvalue weighted by atomic mass is 10.3. The molecule has 0 amide bonds. The monoisotopic (exact) mass is 275 g/mol. The van der Waals surface area contributed by atoms with Gasteiger partial charge in [-0.3, -0.25) is 0 Å². The van der Waals surface area contributed by atoms with Gasteiger partial charge in [0.15, 0.2) is 0 Å². The van der Waals surface area contributed by atoms with Gasteiger partial charge in [-0.25, -0.2) is 4.98 Å². The molecule has 110 valence electrons. The van der Waals surface area contributed by atoms with Gasteiger partial charge in [0.2, 0.25) is 0 Å². The number of aryl methyl sites for hydroxylation is 1. The van der Waals surface area contributed by atoms with Crippen molar-refractivity contribution in [3.63, 3.8) is 0 Å². The van der Waals surface area contributed by atoms with Crippen LogP contribution in [0.5, 0.6) is 0 Å². The largest absolute Gasteiger partial charge is 0.380 e. The second kappa shape index (κ2) is 7.41. The van der Waals surface area contributed by atoms with Gasteiger partial charge in [-0.15, -0.1) is 0 Å². The molecule has 0 saturated carbocycles. The van der Waals surface area contributed by atoms with Crippen LogP contribution in [0.2, 0.25) is 0 Å². The molecule has 0 aliphatic rings. The van der Waals surface area contributed by atoms with E-state index in [9.17, 15) is 0 Å². The van der Waals surface area contributed by atoms with E-state index in [4.69, 9.17) is 9.72 Å². The summed E-state index contributed by atoms with van der Waals surface area (Å²) in [5.41, 5.74) is 2.30. The summed E-state index contributed by atoms with van der Waals surface area (Å²) in [6.07, 6.45) is 1.11. The highest BCUT2D eigenvalue weighted by Crippen LogP contribution is 2.16. The number of rotatable bonds is 8. The molecule has 0 saturated heterocycles. The fourth-order valence-electron chi connectivity index (χ4n) is 2.35. The molecule has 1 unspecified atom stereocenters. The first-order chi connectivity index (χ1) is 9.76. The molecule has 20 heavy (non-hydrogen) atoms. The topological polar surface area (TPSA) is 39.1 Å². The van der Waals surface area contributed by atoms with Gasteiger partial charge in [-0.1, -0.05) is 19.1 Å². The number of benzene rings is 1. The standard InChI is InChI=1S/C16H25N3O/c1-4-10-19-15-9-7-6-8-14(15)18-16(19)11-17-13(3)12-20-5-2/h6-9,13,17H,4-5,10-12H2,1-3H3. The molecular formula is C16H25N3O. The number of aromatic nitrogens is 2. The molecule has 0 bridgehead atoms. The van der Waals surface area contributed by atoms with Crippen LogP contribution in [0, 0.1) is 0 Å². The Morgan fingerprint density at radius 3 is 2.85 bits per heavy atom. The molecule has 1 aromatic heterocycles. The Kier molecular flexibility index (Phi) is 5.56. The van der Waals surface area contributed by atoms with Crippen LogP contribution in [0.1, 0.15) is 33.0 Å². The van der Waals surface area contributed by atoms with Gasteiger partial charge in [0.25, 0.3) is 0 Å². The lowest BCUT2D eigenvalue weighted by Crippen LogP contribution is -2.31. The predicted molar refractivity (Wildman–Crippen MR) is 82.8 cm³/mol. The van der Waals surface area contributed by atoms with Crippen molar-refractivity contribution in [2.45, 2.75) is 46.3 Å². The highest BCUT2D eigenvalue weighted by Gasteiger charge is 2.10. The molecular weight excluding hydrogens is 250 g/mol. The summed E-state index contributed by atoms with van der Waals surface area (Å²) in [5.74, 6) is 1.11. The van der Waals surface area contributed by atoms with E-state index >= 15 is 0 Å². The molecule has 1 aromatic carbocycles. The smallest absolute Gasteiger partial charge is 0.123 e. The van der Waals surface area contributed by atoms with Gasteiger partial charge in [0.1, 0.15) is 5.82 Å². The summed E-state index contributed by atoms with van der Waals surface area (Å²) >= 11 is 0. The average molecular weight is 275 g/mol. The zero-order valence-electron chi connectivity index (χ0n) is 12.7. The van der Waals surface area contributed by atoms with Crippen molar-refractivity contribution in [2.24, 2.45) is 0 Å². The highest BCUT2D eigenvalue weighted by molar-refractivity contribution is 5.75. The summed E-state index contributed by atoms with van der Waals surface area (Å²) in [5, 5.41) is 3.49. The van der Waals surface area contributed by atoms with E-state index in [0.29, 0.717) is 6.04 Å². The average Bonchev–Trinajstić information content (AvgIpc) is 2.81. The van der Waals surface area contributed by atoms with Crippen LogP contribution in [0.15, 0.2) is 24.3 Å². The summed E-state index contributed by atoms with van der Waals surface area (Å²) in [7, 11) is 0. The summed E-state index contributed by atoms with van der Waals surface area (Å²) < 4.78 is 7.75. The Bertz CT molecular complexity index is 536. The van der Waals surface area contributed by atoms with E-state index in [-0.39, 0.29) is 0 Å². The highest BCUT2D eigenvalue weighted by atomic mass is 16.5. The predicted octanol–water partition coefficient (Wildman–Crippen LogP) is 2.96.